The predicted molar refractivity (Wildman–Crippen MR) is 230 cm³/mol. The van der Waals surface area contributed by atoms with Crippen molar-refractivity contribution in [2.24, 2.45) is 0 Å². The van der Waals surface area contributed by atoms with Gasteiger partial charge in [-0.05, 0) is 128 Å². The van der Waals surface area contributed by atoms with Crippen molar-refractivity contribution in [2.45, 2.75) is 50.4 Å². The lowest BCUT2D eigenvalue weighted by Gasteiger charge is -2.33. The third kappa shape index (κ3) is 4.66. The summed E-state index contributed by atoms with van der Waals surface area (Å²) in [4.78, 5) is 2.55. The first-order valence-corrected chi connectivity index (χ1v) is 20.0. The van der Waals surface area contributed by atoms with Crippen LogP contribution in [0.15, 0.2) is 182 Å². The third-order valence-electron chi connectivity index (χ3n) is 13.2. The highest BCUT2D eigenvalue weighted by Crippen LogP contribution is 2.60. The summed E-state index contributed by atoms with van der Waals surface area (Å²) in [5.74, 6) is 0. The second-order valence-corrected chi connectivity index (χ2v) is 16.3. The Kier molecular flexibility index (Phi) is 7.14. The molecular formula is C54H43N. The maximum atomic E-state index is 2.55. The van der Waals surface area contributed by atoms with E-state index in [2.05, 4.69) is 195 Å². The van der Waals surface area contributed by atoms with Crippen LogP contribution in [0.5, 0.6) is 0 Å². The summed E-state index contributed by atoms with van der Waals surface area (Å²) in [6.45, 7) is 4.83. The second kappa shape index (κ2) is 12.2. The number of allylic oxidation sites excluding steroid dienone is 4. The molecule has 7 aromatic rings. The van der Waals surface area contributed by atoms with E-state index in [4.69, 9.17) is 0 Å². The smallest absolute Gasteiger partial charge is 0.0540 e. The minimum Gasteiger partial charge on any atom is -0.310 e. The number of benzene rings is 7. The van der Waals surface area contributed by atoms with Crippen LogP contribution in [0.4, 0.5) is 17.1 Å². The number of anilines is 3. The molecule has 0 fully saturated rings. The Bertz CT molecular complexity index is 2740. The molecule has 1 atom stereocenters. The van der Waals surface area contributed by atoms with Crippen molar-refractivity contribution in [3.05, 3.63) is 215 Å². The third-order valence-corrected chi connectivity index (χ3v) is 13.2. The first-order valence-electron chi connectivity index (χ1n) is 20.0. The highest BCUT2D eigenvalue weighted by Gasteiger charge is 2.48. The van der Waals surface area contributed by atoms with Gasteiger partial charge in [-0.3, -0.25) is 0 Å². The fourth-order valence-corrected chi connectivity index (χ4v) is 10.7. The zero-order valence-corrected chi connectivity index (χ0v) is 31.5. The predicted octanol–water partition coefficient (Wildman–Crippen LogP) is 14.1. The summed E-state index contributed by atoms with van der Waals surface area (Å²) < 4.78 is 0. The zero-order valence-electron chi connectivity index (χ0n) is 31.5. The van der Waals surface area contributed by atoms with Gasteiger partial charge in [-0.15, -0.1) is 0 Å². The first kappa shape index (κ1) is 32.3. The van der Waals surface area contributed by atoms with E-state index < -0.39 is 0 Å². The molecule has 0 aliphatic heterocycles. The Balaban J connectivity index is 1.16. The molecule has 0 radical (unpaired) electrons. The quantitative estimate of drug-likeness (QED) is 0.172. The van der Waals surface area contributed by atoms with Crippen molar-refractivity contribution in [1.29, 1.82) is 0 Å². The van der Waals surface area contributed by atoms with Gasteiger partial charge in [0.25, 0.3) is 0 Å². The van der Waals surface area contributed by atoms with Crippen LogP contribution < -0.4 is 4.90 Å². The minimum absolute atomic E-state index is 0.0696. The normalized spacial score (nSPS) is 18.1. The Labute approximate surface area is 325 Å². The standard InChI is InChI=1S/C54H43N/c1-53(2)48-25-13-9-21-42(48)44-30-28-38(34-50(44)53)55(52-27-15-11-23-46(52)41-20-8-7-19-40(41)36-16-4-3-5-17-36)39-29-31-45-43-22-10-14-26-49(43)54(51(45)35-39)33-32-37-18-6-12-24-47(37)54/h3-8,10-20,22-31,34-35H,9,21,32-33H2,1-2H3. The Morgan fingerprint density at radius 2 is 1.09 bits per heavy atom. The fraction of sp³-hybridized carbons (Fsp3) is 0.148. The maximum Gasteiger partial charge on any atom is 0.0540 e. The van der Waals surface area contributed by atoms with E-state index in [0.29, 0.717) is 0 Å². The molecule has 264 valence electrons. The van der Waals surface area contributed by atoms with Crippen LogP contribution in [-0.2, 0) is 17.3 Å². The summed E-state index contributed by atoms with van der Waals surface area (Å²) >= 11 is 0. The van der Waals surface area contributed by atoms with E-state index in [1.54, 1.807) is 0 Å². The van der Waals surface area contributed by atoms with Crippen molar-refractivity contribution in [1.82, 2.24) is 0 Å². The lowest BCUT2D eigenvalue weighted by Crippen LogP contribution is -2.24. The molecule has 4 aliphatic rings. The minimum atomic E-state index is -0.168. The van der Waals surface area contributed by atoms with Crippen LogP contribution in [0.3, 0.4) is 0 Å². The summed E-state index contributed by atoms with van der Waals surface area (Å²) in [6.07, 6.45) is 9.14. The van der Waals surface area contributed by atoms with Crippen LogP contribution >= 0.6 is 0 Å². The molecule has 0 N–H and O–H groups in total. The summed E-state index contributed by atoms with van der Waals surface area (Å²) in [5, 5.41) is 0. The molecule has 0 heterocycles. The van der Waals surface area contributed by atoms with Crippen LogP contribution in [-0.4, -0.2) is 0 Å². The molecule has 7 aromatic carbocycles. The van der Waals surface area contributed by atoms with Crippen LogP contribution in [0, 0.1) is 0 Å². The molecule has 0 saturated heterocycles. The zero-order chi connectivity index (χ0) is 36.7. The second-order valence-electron chi connectivity index (χ2n) is 16.3. The van der Waals surface area contributed by atoms with Gasteiger partial charge in [0.1, 0.15) is 0 Å². The van der Waals surface area contributed by atoms with Gasteiger partial charge >= 0.3 is 0 Å². The molecule has 0 bridgehead atoms. The van der Waals surface area contributed by atoms with Gasteiger partial charge in [0.2, 0.25) is 0 Å². The number of hydrogen-bond acceptors (Lipinski definition) is 1. The van der Waals surface area contributed by atoms with Crippen molar-refractivity contribution in [2.75, 3.05) is 4.90 Å². The number of para-hydroxylation sites is 1. The van der Waals surface area contributed by atoms with Gasteiger partial charge in [-0.1, -0.05) is 159 Å². The average molecular weight is 706 g/mol. The van der Waals surface area contributed by atoms with Crippen LogP contribution in [0.2, 0.25) is 0 Å². The SMILES string of the molecule is CC1(C)C2=C(CCC=C2)c2ccc(N(c3ccc4c(c3)C3(CCc5ccccc53)c3ccccc3-4)c3ccccc3-c3ccccc3-c3ccccc3)cc21. The van der Waals surface area contributed by atoms with E-state index >= 15 is 0 Å². The first-order chi connectivity index (χ1) is 27.0. The molecular weight excluding hydrogens is 663 g/mol. The molecule has 1 spiro atoms. The van der Waals surface area contributed by atoms with Gasteiger partial charge in [-0.2, -0.15) is 0 Å². The maximum absolute atomic E-state index is 2.55. The molecule has 0 amide bonds. The van der Waals surface area contributed by atoms with Crippen molar-refractivity contribution < 1.29 is 0 Å². The average Bonchev–Trinajstić information content (AvgIpc) is 3.85. The van der Waals surface area contributed by atoms with E-state index in [1.807, 2.05) is 0 Å². The summed E-state index contributed by atoms with van der Waals surface area (Å²) in [6, 6.07) is 61.7. The molecule has 0 saturated carbocycles. The molecule has 55 heavy (non-hydrogen) atoms. The van der Waals surface area contributed by atoms with Crippen molar-refractivity contribution in [3.63, 3.8) is 0 Å². The van der Waals surface area contributed by atoms with Crippen LogP contribution in [0.1, 0.15) is 66.5 Å². The molecule has 4 aliphatic carbocycles. The van der Waals surface area contributed by atoms with Crippen LogP contribution in [0.25, 0.3) is 39.0 Å². The monoisotopic (exact) mass is 705 g/mol. The molecule has 0 aromatic heterocycles. The fourth-order valence-electron chi connectivity index (χ4n) is 10.7. The highest BCUT2D eigenvalue weighted by atomic mass is 15.1. The number of nitrogens with zero attached hydrogens (tertiary/aromatic N) is 1. The molecule has 11 rings (SSSR count). The Morgan fingerprint density at radius 1 is 0.473 bits per heavy atom. The lowest BCUT2D eigenvalue weighted by atomic mass is 9.73. The van der Waals surface area contributed by atoms with Crippen molar-refractivity contribution in [3.8, 4) is 33.4 Å². The largest absolute Gasteiger partial charge is 0.310 e. The van der Waals surface area contributed by atoms with Gasteiger partial charge in [-0.25, -0.2) is 0 Å². The highest BCUT2D eigenvalue weighted by molar-refractivity contribution is 5.96. The van der Waals surface area contributed by atoms with E-state index in [-0.39, 0.29) is 10.8 Å². The molecule has 1 heteroatoms. The molecule has 1 nitrogen and oxygen atoms in total. The van der Waals surface area contributed by atoms with Gasteiger partial charge in [0.05, 0.1) is 5.69 Å². The van der Waals surface area contributed by atoms with E-state index in [1.165, 1.54) is 95.0 Å². The van der Waals surface area contributed by atoms with E-state index in [9.17, 15) is 0 Å². The summed E-state index contributed by atoms with van der Waals surface area (Å²) in [7, 11) is 0. The van der Waals surface area contributed by atoms with E-state index in [0.717, 1.165) is 25.7 Å². The van der Waals surface area contributed by atoms with Gasteiger partial charge < -0.3 is 4.90 Å². The number of fused-ring (bicyclic) bond motifs is 9. The Morgan fingerprint density at radius 3 is 1.91 bits per heavy atom. The number of aryl methyl sites for hydroxylation is 1. The van der Waals surface area contributed by atoms with Crippen molar-refractivity contribution >= 4 is 22.6 Å². The van der Waals surface area contributed by atoms with Gasteiger partial charge in [0.15, 0.2) is 0 Å². The molecule has 1 unspecified atom stereocenters. The van der Waals surface area contributed by atoms with Gasteiger partial charge in [0, 0.05) is 27.8 Å². The Hall–Kier alpha value is -6.18. The number of rotatable bonds is 5. The topological polar surface area (TPSA) is 3.24 Å². The summed E-state index contributed by atoms with van der Waals surface area (Å²) in [5.41, 5.74) is 22.6. The number of hydrogen-bond donors (Lipinski definition) is 0. The lowest BCUT2D eigenvalue weighted by molar-refractivity contribution is 0.626.